The molecule has 0 unspecified atom stereocenters. The number of aliphatic carboxylic acids is 1. The topological polar surface area (TPSA) is 60.9 Å². The largest absolute Gasteiger partial charge is 0.480 e. The van der Waals surface area contributed by atoms with Crippen molar-refractivity contribution in [3.63, 3.8) is 0 Å². The number of hydrogen-bond donors (Lipinski definition) is 1. The maximum atomic E-state index is 12.2. The highest BCUT2D eigenvalue weighted by atomic mass is 16.4. The lowest BCUT2D eigenvalue weighted by molar-refractivity contribution is -0.137. The molecule has 0 bridgehead atoms. The van der Waals surface area contributed by atoms with Crippen molar-refractivity contribution in [1.29, 1.82) is 0 Å². The van der Waals surface area contributed by atoms with E-state index in [4.69, 9.17) is 11.5 Å². The highest BCUT2D eigenvalue weighted by Gasteiger charge is 2.26. The molecule has 0 spiro atoms. The Morgan fingerprint density at radius 1 is 1.33 bits per heavy atom. The Labute approximate surface area is 108 Å². The quantitative estimate of drug-likeness (QED) is 0.769. The van der Waals surface area contributed by atoms with Crippen molar-refractivity contribution in [2.75, 3.05) is 20.1 Å². The number of carbonyl (C=O) groups excluding carboxylic acids is 1. The van der Waals surface area contributed by atoms with E-state index in [1.807, 2.05) is 0 Å². The fraction of sp³-hybridized carbons (Fsp3) is 0.692. The number of carboxylic acids is 1. The van der Waals surface area contributed by atoms with Crippen LogP contribution in [0.2, 0.25) is 0 Å². The molecule has 1 fully saturated rings. The van der Waals surface area contributed by atoms with E-state index in [1.54, 1.807) is 11.9 Å². The molecule has 1 aliphatic carbocycles. The Bertz CT molecular complexity index is 343. The van der Waals surface area contributed by atoms with Gasteiger partial charge >= 0.3 is 12.0 Å². The molecule has 0 atom stereocenters. The molecule has 1 N–H and O–H groups in total. The molecule has 0 heterocycles. The second-order valence-corrected chi connectivity index (χ2v) is 4.64. The molecule has 18 heavy (non-hydrogen) atoms. The predicted molar refractivity (Wildman–Crippen MR) is 68.1 cm³/mol. The summed E-state index contributed by atoms with van der Waals surface area (Å²) in [5.41, 5.74) is 0. The molecule has 100 valence electrons. The Hall–Kier alpha value is -1.70. The summed E-state index contributed by atoms with van der Waals surface area (Å²) in [6, 6.07) is -0.0810. The van der Waals surface area contributed by atoms with Crippen molar-refractivity contribution in [3.8, 4) is 12.3 Å². The van der Waals surface area contributed by atoms with Crippen LogP contribution < -0.4 is 0 Å². The van der Waals surface area contributed by atoms with Gasteiger partial charge in [-0.3, -0.25) is 4.79 Å². The average Bonchev–Trinajstić information content (AvgIpc) is 2.37. The van der Waals surface area contributed by atoms with Crippen LogP contribution in [-0.2, 0) is 4.79 Å². The van der Waals surface area contributed by atoms with Gasteiger partial charge in [-0.25, -0.2) is 4.79 Å². The van der Waals surface area contributed by atoms with Gasteiger partial charge in [0.2, 0.25) is 0 Å². The van der Waals surface area contributed by atoms with E-state index in [0.29, 0.717) is 0 Å². The first-order valence-electron chi connectivity index (χ1n) is 6.23. The van der Waals surface area contributed by atoms with Gasteiger partial charge in [0.05, 0.1) is 6.54 Å². The van der Waals surface area contributed by atoms with E-state index >= 15 is 0 Å². The number of amides is 2. The van der Waals surface area contributed by atoms with Gasteiger partial charge in [0.15, 0.2) is 0 Å². The first-order chi connectivity index (χ1) is 8.56. The molecule has 1 rings (SSSR count). The van der Waals surface area contributed by atoms with Gasteiger partial charge in [0.1, 0.15) is 6.54 Å². The third kappa shape index (κ3) is 3.95. The minimum atomic E-state index is -1.05. The molecular formula is C13H20N2O3. The molecule has 0 saturated heterocycles. The van der Waals surface area contributed by atoms with Gasteiger partial charge in [0.25, 0.3) is 0 Å². The van der Waals surface area contributed by atoms with Crippen molar-refractivity contribution in [2.24, 2.45) is 0 Å². The Kier molecular flexibility index (Phi) is 5.50. The monoisotopic (exact) mass is 252 g/mol. The smallest absolute Gasteiger partial charge is 0.323 e. The standard InChI is InChI=1S/C13H20N2O3/c1-3-9-15(10-12(16)17)13(18)14(2)11-7-5-4-6-8-11/h1,11H,4-10H2,2H3,(H,16,17). The summed E-state index contributed by atoms with van der Waals surface area (Å²) in [4.78, 5) is 25.7. The average molecular weight is 252 g/mol. The van der Waals surface area contributed by atoms with Crippen molar-refractivity contribution >= 4 is 12.0 Å². The van der Waals surface area contributed by atoms with E-state index in [1.165, 1.54) is 11.3 Å². The molecule has 0 radical (unpaired) electrons. The minimum Gasteiger partial charge on any atom is -0.480 e. The van der Waals surface area contributed by atoms with Crippen molar-refractivity contribution in [1.82, 2.24) is 9.80 Å². The third-order valence-electron chi connectivity index (χ3n) is 3.30. The van der Waals surface area contributed by atoms with Crippen LogP contribution >= 0.6 is 0 Å². The zero-order valence-corrected chi connectivity index (χ0v) is 10.8. The van der Waals surface area contributed by atoms with Crippen molar-refractivity contribution < 1.29 is 14.7 Å². The van der Waals surface area contributed by atoms with Crippen LogP contribution in [0.5, 0.6) is 0 Å². The molecule has 2 amide bonds. The number of urea groups is 1. The molecule has 0 aromatic rings. The van der Waals surface area contributed by atoms with Crippen LogP contribution in [0.25, 0.3) is 0 Å². The van der Waals surface area contributed by atoms with Gasteiger partial charge in [-0.05, 0) is 12.8 Å². The lowest BCUT2D eigenvalue weighted by atomic mass is 9.95. The number of carboxylic acid groups (broad SMARTS) is 1. The molecule has 5 nitrogen and oxygen atoms in total. The second kappa shape index (κ2) is 6.90. The third-order valence-corrected chi connectivity index (χ3v) is 3.30. The number of nitrogens with zero attached hydrogens (tertiary/aromatic N) is 2. The number of hydrogen-bond acceptors (Lipinski definition) is 2. The summed E-state index contributed by atoms with van der Waals surface area (Å²) >= 11 is 0. The zero-order valence-electron chi connectivity index (χ0n) is 10.8. The molecule has 0 aromatic heterocycles. The van der Waals surface area contributed by atoms with Crippen LogP contribution in [0, 0.1) is 12.3 Å². The summed E-state index contributed by atoms with van der Waals surface area (Å²) in [5, 5.41) is 8.77. The van der Waals surface area contributed by atoms with Gasteiger partial charge in [-0.2, -0.15) is 0 Å². The summed E-state index contributed by atoms with van der Waals surface area (Å²) in [7, 11) is 1.73. The van der Waals surface area contributed by atoms with Gasteiger partial charge in [-0.15, -0.1) is 6.42 Å². The number of carbonyl (C=O) groups is 2. The lowest BCUT2D eigenvalue weighted by Gasteiger charge is -2.34. The maximum absolute atomic E-state index is 12.2. The summed E-state index contributed by atoms with van der Waals surface area (Å²) in [5.74, 6) is 1.28. The lowest BCUT2D eigenvalue weighted by Crippen LogP contribution is -2.48. The minimum absolute atomic E-state index is 0.0300. The highest BCUT2D eigenvalue weighted by molar-refractivity contribution is 5.80. The van der Waals surface area contributed by atoms with E-state index in [0.717, 1.165) is 25.7 Å². The van der Waals surface area contributed by atoms with Crippen LogP contribution in [0.4, 0.5) is 4.79 Å². The maximum Gasteiger partial charge on any atom is 0.323 e. The van der Waals surface area contributed by atoms with E-state index in [2.05, 4.69) is 5.92 Å². The van der Waals surface area contributed by atoms with Crippen LogP contribution in [-0.4, -0.2) is 53.1 Å². The van der Waals surface area contributed by atoms with E-state index in [-0.39, 0.29) is 25.2 Å². The van der Waals surface area contributed by atoms with Crippen molar-refractivity contribution in [3.05, 3.63) is 0 Å². The molecule has 0 aromatic carbocycles. The number of terminal acetylenes is 1. The molecule has 5 heteroatoms. The SMILES string of the molecule is C#CCN(CC(=O)O)C(=O)N(C)C1CCCCC1. The van der Waals surface area contributed by atoms with Crippen LogP contribution in [0.3, 0.4) is 0 Å². The first-order valence-corrected chi connectivity index (χ1v) is 6.23. The van der Waals surface area contributed by atoms with Gasteiger partial charge in [-0.1, -0.05) is 25.2 Å². The van der Waals surface area contributed by atoms with Crippen LogP contribution in [0.1, 0.15) is 32.1 Å². The zero-order chi connectivity index (χ0) is 13.5. The number of rotatable bonds is 4. The van der Waals surface area contributed by atoms with Gasteiger partial charge in [0, 0.05) is 13.1 Å². The Morgan fingerprint density at radius 2 is 1.94 bits per heavy atom. The van der Waals surface area contributed by atoms with Crippen molar-refractivity contribution in [2.45, 2.75) is 38.1 Å². The fourth-order valence-electron chi connectivity index (χ4n) is 2.31. The van der Waals surface area contributed by atoms with E-state index < -0.39 is 5.97 Å². The molecule has 1 aliphatic rings. The van der Waals surface area contributed by atoms with E-state index in [9.17, 15) is 9.59 Å². The van der Waals surface area contributed by atoms with Gasteiger partial charge < -0.3 is 14.9 Å². The molecule has 1 saturated carbocycles. The summed E-state index contributed by atoms with van der Waals surface area (Å²) in [6.45, 7) is -0.317. The summed E-state index contributed by atoms with van der Waals surface area (Å²) in [6.07, 6.45) is 10.6. The Morgan fingerprint density at radius 3 is 2.44 bits per heavy atom. The highest BCUT2D eigenvalue weighted by Crippen LogP contribution is 2.22. The first kappa shape index (κ1) is 14.4. The normalized spacial score (nSPS) is 15.8. The predicted octanol–water partition coefficient (Wildman–Crippen LogP) is 1.39. The Balaban J connectivity index is 2.63. The fourth-order valence-corrected chi connectivity index (χ4v) is 2.31. The molecular weight excluding hydrogens is 232 g/mol. The second-order valence-electron chi connectivity index (χ2n) is 4.64. The molecule has 0 aliphatic heterocycles. The van der Waals surface area contributed by atoms with Crippen LogP contribution in [0.15, 0.2) is 0 Å². The summed E-state index contributed by atoms with van der Waals surface area (Å²) < 4.78 is 0.